The summed E-state index contributed by atoms with van der Waals surface area (Å²) in [7, 11) is -3.86. The minimum atomic E-state index is -3.86. The van der Waals surface area contributed by atoms with Crippen molar-refractivity contribution >= 4 is 34.5 Å². The van der Waals surface area contributed by atoms with Crippen molar-refractivity contribution in [3.63, 3.8) is 0 Å². The molecule has 0 saturated heterocycles. The van der Waals surface area contributed by atoms with Crippen molar-refractivity contribution < 1.29 is 13.0 Å². The Kier molecular flexibility index (Phi) is 5.64. The van der Waals surface area contributed by atoms with Gasteiger partial charge in [0.05, 0.1) is 5.75 Å². The van der Waals surface area contributed by atoms with Gasteiger partial charge in [-0.1, -0.05) is 13.8 Å². The Morgan fingerprint density at radius 2 is 2.00 bits per heavy atom. The fraction of sp³-hybridized carbons (Fsp3) is 1.00. The Labute approximate surface area is 83.5 Å². The van der Waals surface area contributed by atoms with Gasteiger partial charge in [0.15, 0.2) is 0 Å². The van der Waals surface area contributed by atoms with Crippen LogP contribution in [0.1, 0.15) is 13.8 Å². The van der Waals surface area contributed by atoms with Gasteiger partial charge in [-0.05, 0) is 5.25 Å². The average Bonchev–Trinajstić information content (AvgIpc) is 1.79. The van der Waals surface area contributed by atoms with Crippen LogP contribution in [0, 0.1) is 0 Å². The van der Waals surface area contributed by atoms with E-state index in [2.05, 4.69) is 12.6 Å². The summed E-state index contributed by atoms with van der Waals surface area (Å²) in [6.07, 6.45) is 0. The van der Waals surface area contributed by atoms with Crippen LogP contribution in [0.25, 0.3) is 0 Å². The normalized spacial score (nSPS) is 15.1. The molecule has 0 saturated carbocycles. The van der Waals surface area contributed by atoms with Gasteiger partial charge in [-0.2, -0.15) is 32.8 Å². The van der Waals surface area contributed by atoms with E-state index >= 15 is 0 Å². The first-order valence-electron chi connectivity index (χ1n) is 3.56. The van der Waals surface area contributed by atoms with Crippen LogP contribution in [0.5, 0.6) is 0 Å². The molecule has 6 heteroatoms. The molecule has 0 fully saturated rings. The van der Waals surface area contributed by atoms with Crippen molar-refractivity contribution in [1.29, 1.82) is 0 Å². The maximum absolute atomic E-state index is 10.4. The number of thiol groups is 1. The molecule has 0 spiro atoms. The summed E-state index contributed by atoms with van der Waals surface area (Å²) in [4.78, 5) is 0. The fourth-order valence-electron chi connectivity index (χ4n) is 0.595. The maximum atomic E-state index is 10.4. The lowest BCUT2D eigenvalue weighted by Crippen LogP contribution is -2.18. The van der Waals surface area contributed by atoms with Crippen LogP contribution in [-0.2, 0) is 10.1 Å². The lowest BCUT2D eigenvalue weighted by atomic mass is 10.5. The van der Waals surface area contributed by atoms with Gasteiger partial charge in [0, 0.05) is 11.0 Å². The highest BCUT2D eigenvalue weighted by atomic mass is 32.2. The third kappa shape index (κ3) is 8.70. The molecule has 0 aliphatic heterocycles. The molecule has 0 amide bonds. The largest absolute Gasteiger partial charge is 0.286 e. The molecule has 1 N–H and O–H groups in total. The van der Waals surface area contributed by atoms with Crippen LogP contribution in [0.15, 0.2) is 0 Å². The van der Waals surface area contributed by atoms with Crippen LogP contribution in [0.3, 0.4) is 0 Å². The lowest BCUT2D eigenvalue weighted by molar-refractivity contribution is 0.483. The summed E-state index contributed by atoms with van der Waals surface area (Å²) >= 11 is 5.67. The van der Waals surface area contributed by atoms with Gasteiger partial charge < -0.3 is 0 Å². The molecule has 1 unspecified atom stereocenters. The monoisotopic (exact) mass is 230 g/mol. The molecule has 0 aromatic carbocycles. The highest BCUT2D eigenvalue weighted by Gasteiger charge is 2.13. The van der Waals surface area contributed by atoms with E-state index in [1.165, 1.54) is 0 Å². The average molecular weight is 230 g/mol. The Morgan fingerprint density at radius 3 is 2.33 bits per heavy atom. The van der Waals surface area contributed by atoms with Crippen LogP contribution >= 0.6 is 24.4 Å². The van der Waals surface area contributed by atoms with Crippen LogP contribution in [0.4, 0.5) is 0 Å². The van der Waals surface area contributed by atoms with Crippen LogP contribution in [0.2, 0.25) is 0 Å². The first-order chi connectivity index (χ1) is 5.31. The van der Waals surface area contributed by atoms with E-state index in [-0.39, 0.29) is 11.0 Å². The Bertz CT molecular complexity index is 210. The SMILES string of the molecule is CC(C)SCC(S)CS(=O)(=O)O. The summed E-state index contributed by atoms with van der Waals surface area (Å²) < 4.78 is 29.2. The second kappa shape index (κ2) is 5.36. The second-order valence-corrected chi connectivity index (χ2v) is 6.62. The summed E-state index contributed by atoms with van der Waals surface area (Å²) in [5.41, 5.74) is 0. The summed E-state index contributed by atoms with van der Waals surface area (Å²) in [5, 5.41) is 0.174. The number of hydrogen-bond acceptors (Lipinski definition) is 4. The molecule has 1 atom stereocenters. The first kappa shape index (κ1) is 12.6. The smallest absolute Gasteiger partial charge is 0.265 e. The topological polar surface area (TPSA) is 54.4 Å². The van der Waals surface area contributed by atoms with Crippen molar-refractivity contribution in [2.24, 2.45) is 0 Å². The Balaban J connectivity index is 3.68. The minimum Gasteiger partial charge on any atom is -0.286 e. The van der Waals surface area contributed by atoms with Crippen molar-refractivity contribution in [2.75, 3.05) is 11.5 Å². The molecule has 0 aliphatic carbocycles. The maximum Gasteiger partial charge on any atom is 0.265 e. The van der Waals surface area contributed by atoms with Gasteiger partial charge in [-0.25, -0.2) is 0 Å². The highest BCUT2D eigenvalue weighted by Crippen LogP contribution is 2.14. The zero-order chi connectivity index (χ0) is 9.78. The van der Waals surface area contributed by atoms with Crippen molar-refractivity contribution in [3.05, 3.63) is 0 Å². The molecular weight excluding hydrogens is 216 g/mol. The molecular formula is C6H14O3S3. The molecule has 0 aromatic heterocycles. The predicted molar refractivity (Wildman–Crippen MR) is 56.8 cm³/mol. The van der Waals surface area contributed by atoms with Crippen molar-refractivity contribution in [3.8, 4) is 0 Å². The summed E-state index contributed by atoms with van der Waals surface area (Å²) in [5.74, 6) is 0.371. The Hall–Kier alpha value is 0.610. The van der Waals surface area contributed by atoms with E-state index < -0.39 is 10.1 Å². The molecule has 0 radical (unpaired) electrons. The molecule has 74 valence electrons. The molecule has 0 bridgehead atoms. The predicted octanol–water partition coefficient (Wildman–Crippen LogP) is 1.31. The van der Waals surface area contributed by atoms with E-state index in [4.69, 9.17) is 4.55 Å². The molecule has 0 aromatic rings. The molecule has 0 aliphatic rings. The number of hydrogen-bond donors (Lipinski definition) is 2. The quantitative estimate of drug-likeness (QED) is 0.552. The summed E-state index contributed by atoms with van der Waals surface area (Å²) in [6, 6.07) is 0. The van der Waals surface area contributed by atoms with E-state index in [9.17, 15) is 8.42 Å². The van der Waals surface area contributed by atoms with Gasteiger partial charge in [0.2, 0.25) is 0 Å². The van der Waals surface area contributed by atoms with Gasteiger partial charge in [-0.3, -0.25) is 4.55 Å². The minimum absolute atomic E-state index is 0.268. The summed E-state index contributed by atoms with van der Waals surface area (Å²) in [6.45, 7) is 4.05. The highest BCUT2D eigenvalue weighted by molar-refractivity contribution is 8.00. The fourth-order valence-corrected chi connectivity index (χ4v) is 2.90. The van der Waals surface area contributed by atoms with Crippen LogP contribution < -0.4 is 0 Å². The van der Waals surface area contributed by atoms with Crippen molar-refractivity contribution in [2.45, 2.75) is 24.3 Å². The van der Waals surface area contributed by atoms with E-state index in [0.29, 0.717) is 11.0 Å². The van der Waals surface area contributed by atoms with Gasteiger partial charge in [0.25, 0.3) is 10.1 Å². The first-order valence-corrected chi connectivity index (χ1v) is 6.73. The molecule has 3 nitrogen and oxygen atoms in total. The lowest BCUT2D eigenvalue weighted by Gasteiger charge is -2.09. The molecule has 12 heavy (non-hydrogen) atoms. The van der Waals surface area contributed by atoms with Gasteiger partial charge in [0.1, 0.15) is 0 Å². The van der Waals surface area contributed by atoms with Crippen molar-refractivity contribution in [1.82, 2.24) is 0 Å². The van der Waals surface area contributed by atoms with E-state index in [1.54, 1.807) is 11.8 Å². The second-order valence-electron chi connectivity index (χ2n) is 2.78. The zero-order valence-corrected chi connectivity index (χ0v) is 9.62. The van der Waals surface area contributed by atoms with Crippen LogP contribution in [-0.4, -0.2) is 35.0 Å². The van der Waals surface area contributed by atoms with E-state index in [1.807, 2.05) is 13.8 Å². The number of rotatable bonds is 5. The number of thioether (sulfide) groups is 1. The standard InChI is InChI=1S/C6H14O3S3/c1-5(2)11-3-6(10)4-12(7,8)9/h5-6,10H,3-4H2,1-2H3,(H,7,8,9). The molecule has 0 rings (SSSR count). The van der Waals surface area contributed by atoms with Gasteiger partial charge in [-0.15, -0.1) is 0 Å². The third-order valence-electron chi connectivity index (χ3n) is 1.02. The Morgan fingerprint density at radius 1 is 1.50 bits per heavy atom. The zero-order valence-electron chi connectivity index (χ0n) is 7.10. The third-order valence-corrected chi connectivity index (χ3v) is 3.97. The van der Waals surface area contributed by atoms with E-state index in [0.717, 1.165) is 0 Å². The van der Waals surface area contributed by atoms with Gasteiger partial charge >= 0.3 is 0 Å². The molecule has 0 heterocycles.